The molecule has 0 radical (unpaired) electrons. The molecular formula is C13H14N2. The Morgan fingerprint density at radius 1 is 1.20 bits per heavy atom. The van der Waals surface area contributed by atoms with Crippen LogP contribution in [0.25, 0.3) is 0 Å². The van der Waals surface area contributed by atoms with Crippen molar-refractivity contribution in [3.63, 3.8) is 0 Å². The van der Waals surface area contributed by atoms with E-state index in [1.54, 1.807) is 0 Å². The quantitative estimate of drug-likeness (QED) is 0.650. The maximum absolute atomic E-state index is 9.16. The van der Waals surface area contributed by atoms with Gasteiger partial charge in [0.05, 0.1) is 12.1 Å². The second-order valence-corrected chi connectivity index (χ2v) is 4.64. The van der Waals surface area contributed by atoms with Crippen molar-refractivity contribution in [3.8, 4) is 12.1 Å². The molecule has 0 aliphatic heterocycles. The van der Waals surface area contributed by atoms with Crippen molar-refractivity contribution in [1.29, 1.82) is 10.5 Å². The van der Waals surface area contributed by atoms with Gasteiger partial charge in [-0.3, -0.25) is 0 Å². The lowest BCUT2D eigenvalue weighted by Gasteiger charge is -2.39. The van der Waals surface area contributed by atoms with E-state index in [1.165, 1.54) is 0 Å². The summed E-state index contributed by atoms with van der Waals surface area (Å²) in [5.74, 6) is 0. The molecule has 0 aromatic carbocycles. The Morgan fingerprint density at radius 2 is 1.80 bits per heavy atom. The summed E-state index contributed by atoms with van der Waals surface area (Å²) >= 11 is 0. The van der Waals surface area contributed by atoms with Crippen molar-refractivity contribution < 1.29 is 0 Å². The number of hydrogen-bond acceptors (Lipinski definition) is 2. The standard InChI is InChI=1S/C13H14N2/c1-3-13-7-5-10(8-14)12(13,2)6-4-11(13)9-15/h4-5H,3,6-7H2,1-2H3. The number of fused-ring (bicyclic) bond motifs is 1. The molecule has 0 amide bonds. The number of allylic oxidation sites excluding steroid dienone is 4. The largest absolute Gasteiger partial charge is 0.193 e. The molecule has 0 aromatic rings. The van der Waals surface area contributed by atoms with Crippen LogP contribution in [0.4, 0.5) is 0 Å². The fraction of sp³-hybridized carbons (Fsp3) is 0.538. The van der Waals surface area contributed by atoms with Crippen LogP contribution in [0.5, 0.6) is 0 Å². The predicted octanol–water partition coefficient (Wildman–Crippen LogP) is 3.10. The van der Waals surface area contributed by atoms with Gasteiger partial charge in [-0.05, 0) is 19.3 Å². The Hall–Kier alpha value is -1.54. The van der Waals surface area contributed by atoms with E-state index in [-0.39, 0.29) is 10.8 Å². The van der Waals surface area contributed by atoms with Gasteiger partial charge in [-0.2, -0.15) is 10.5 Å². The Balaban J connectivity index is 2.53. The first-order valence-electron chi connectivity index (χ1n) is 5.36. The van der Waals surface area contributed by atoms with Crippen molar-refractivity contribution in [2.45, 2.75) is 33.1 Å². The van der Waals surface area contributed by atoms with Gasteiger partial charge in [0.2, 0.25) is 0 Å². The lowest BCUT2D eigenvalue weighted by atomic mass is 9.62. The molecule has 2 rings (SSSR count). The van der Waals surface area contributed by atoms with Crippen LogP contribution in [0, 0.1) is 33.5 Å². The molecule has 2 atom stereocenters. The van der Waals surface area contributed by atoms with Gasteiger partial charge in [0.25, 0.3) is 0 Å². The molecule has 0 bridgehead atoms. The number of hydrogen-bond donors (Lipinski definition) is 0. The Bertz CT molecular complexity index is 444. The van der Waals surface area contributed by atoms with E-state index in [9.17, 15) is 0 Å². The summed E-state index contributed by atoms with van der Waals surface area (Å²) < 4.78 is 0. The lowest BCUT2D eigenvalue weighted by Crippen LogP contribution is -2.34. The summed E-state index contributed by atoms with van der Waals surface area (Å²) in [4.78, 5) is 0. The van der Waals surface area contributed by atoms with E-state index < -0.39 is 0 Å². The highest BCUT2D eigenvalue weighted by atomic mass is 14.6. The van der Waals surface area contributed by atoms with Gasteiger partial charge in [0, 0.05) is 22.0 Å². The summed E-state index contributed by atoms with van der Waals surface area (Å²) in [5.41, 5.74) is 1.54. The maximum Gasteiger partial charge on any atom is 0.0950 e. The number of nitrogens with zero attached hydrogens (tertiary/aromatic N) is 2. The summed E-state index contributed by atoms with van der Waals surface area (Å²) in [6, 6.07) is 4.61. The summed E-state index contributed by atoms with van der Waals surface area (Å²) in [6.07, 6.45) is 6.66. The summed E-state index contributed by atoms with van der Waals surface area (Å²) in [7, 11) is 0. The van der Waals surface area contributed by atoms with Gasteiger partial charge in [0.1, 0.15) is 0 Å². The van der Waals surface area contributed by atoms with Crippen LogP contribution in [-0.4, -0.2) is 0 Å². The molecule has 0 fully saturated rings. The van der Waals surface area contributed by atoms with Crippen LogP contribution < -0.4 is 0 Å². The van der Waals surface area contributed by atoms with Crippen LogP contribution >= 0.6 is 0 Å². The Kier molecular flexibility index (Phi) is 1.98. The molecule has 2 unspecified atom stereocenters. The molecule has 2 aliphatic rings. The second-order valence-electron chi connectivity index (χ2n) is 4.64. The highest BCUT2D eigenvalue weighted by Crippen LogP contribution is 2.64. The zero-order chi connectivity index (χ0) is 11.1. The van der Waals surface area contributed by atoms with E-state index in [1.807, 2.05) is 12.2 Å². The van der Waals surface area contributed by atoms with Crippen molar-refractivity contribution in [3.05, 3.63) is 23.3 Å². The van der Waals surface area contributed by atoms with Gasteiger partial charge in [0.15, 0.2) is 0 Å². The third-order valence-corrected chi connectivity index (χ3v) is 4.38. The predicted molar refractivity (Wildman–Crippen MR) is 57.5 cm³/mol. The van der Waals surface area contributed by atoms with Crippen LogP contribution in [0.3, 0.4) is 0 Å². The van der Waals surface area contributed by atoms with E-state index >= 15 is 0 Å². The molecule has 2 heteroatoms. The van der Waals surface area contributed by atoms with E-state index in [0.717, 1.165) is 30.4 Å². The fourth-order valence-corrected chi connectivity index (χ4v) is 3.25. The van der Waals surface area contributed by atoms with Gasteiger partial charge >= 0.3 is 0 Å². The van der Waals surface area contributed by atoms with Gasteiger partial charge < -0.3 is 0 Å². The minimum atomic E-state index is -0.123. The highest BCUT2D eigenvalue weighted by molar-refractivity contribution is 5.50. The van der Waals surface area contributed by atoms with Crippen LogP contribution in [0.2, 0.25) is 0 Å². The zero-order valence-corrected chi connectivity index (χ0v) is 9.17. The summed E-state index contributed by atoms with van der Waals surface area (Å²) in [5, 5.41) is 18.3. The highest BCUT2D eigenvalue weighted by Gasteiger charge is 2.57. The molecule has 0 heterocycles. The van der Waals surface area contributed by atoms with Gasteiger partial charge in [-0.15, -0.1) is 0 Å². The zero-order valence-electron chi connectivity index (χ0n) is 9.17. The van der Waals surface area contributed by atoms with Crippen LogP contribution in [0.15, 0.2) is 23.3 Å². The molecule has 0 spiro atoms. The minimum Gasteiger partial charge on any atom is -0.193 e. The minimum absolute atomic E-state index is 0.0905. The molecular weight excluding hydrogens is 184 g/mol. The molecule has 76 valence electrons. The first kappa shape index (κ1) is 9.99. The number of rotatable bonds is 1. The SMILES string of the molecule is CCC12CC=C(C#N)C1(C)CC=C2C#N. The molecule has 15 heavy (non-hydrogen) atoms. The smallest absolute Gasteiger partial charge is 0.0950 e. The number of nitriles is 2. The average Bonchev–Trinajstić information content (AvgIpc) is 2.68. The first-order valence-corrected chi connectivity index (χ1v) is 5.36. The summed E-state index contributed by atoms with van der Waals surface area (Å²) in [6.45, 7) is 4.24. The molecule has 0 N–H and O–H groups in total. The van der Waals surface area contributed by atoms with Crippen LogP contribution in [-0.2, 0) is 0 Å². The first-order chi connectivity index (χ1) is 7.14. The average molecular weight is 198 g/mol. The van der Waals surface area contributed by atoms with Gasteiger partial charge in [-0.25, -0.2) is 0 Å². The lowest BCUT2D eigenvalue weighted by molar-refractivity contribution is 0.181. The van der Waals surface area contributed by atoms with Crippen molar-refractivity contribution in [2.24, 2.45) is 10.8 Å². The van der Waals surface area contributed by atoms with Gasteiger partial charge in [-0.1, -0.05) is 26.0 Å². The van der Waals surface area contributed by atoms with Crippen molar-refractivity contribution in [1.82, 2.24) is 0 Å². The van der Waals surface area contributed by atoms with Crippen molar-refractivity contribution >= 4 is 0 Å². The Labute approximate surface area is 90.5 Å². The third-order valence-electron chi connectivity index (χ3n) is 4.38. The topological polar surface area (TPSA) is 47.6 Å². The molecule has 2 nitrogen and oxygen atoms in total. The maximum atomic E-state index is 9.16. The van der Waals surface area contributed by atoms with E-state index in [2.05, 4.69) is 26.0 Å². The molecule has 0 saturated heterocycles. The molecule has 2 aliphatic carbocycles. The van der Waals surface area contributed by atoms with E-state index in [4.69, 9.17) is 10.5 Å². The molecule has 0 aromatic heterocycles. The third kappa shape index (κ3) is 0.922. The fourth-order valence-electron chi connectivity index (χ4n) is 3.25. The Morgan fingerprint density at radius 3 is 2.33 bits per heavy atom. The monoisotopic (exact) mass is 198 g/mol. The molecule has 0 saturated carbocycles. The second kappa shape index (κ2) is 2.97. The van der Waals surface area contributed by atoms with E-state index in [0.29, 0.717) is 0 Å². The van der Waals surface area contributed by atoms with Crippen LogP contribution in [0.1, 0.15) is 33.1 Å². The van der Waals surface area contributed by atoms with Crippen molar-refractivity contribution in [2.75, 3.05) is 0 Å². The normalized spacial score (nSPS) is 37.6.